The van der Waals surface area contributed by atoms with Gasteiger partial charge < -0.3 is 14.4 Å². The third-order valence-corrected chi connectivity index (χ3v) is 3.64. The molecule has 0 aromatic carbocycles. The molecule has 1 amide bonds. The van der Waals surface area contributed by atoms with E-state index in [4.69, 9.17) is 9.47 Å². The number of carbonyl (C=O) groups is 2. The molecule has 0 radical (unpaired) electrons. The number of amides is 1. The summed E-state index contributed by atoms with van der Waals surface area (Å²) >= 11 is 0. The summed E-state index contributed by atoms with van der Waals surface area (Å²) in [6, 6.07) is 3.60. The minimum absolute atomic E-state index is 0.141. The van der Waals surface area contributed by atoms with Gasteiger partial charge in [0.15, 0.2) is 5.60 Å². The van der Waals surface area contributed by atoms with E-state index < -0.39 is 11.6 Å². The maximum Gasteiger partial charge on any atom is 0.303 e. The maximum absolute atomic E-state index is 12.6. The summed E-state index contributed by atoms with van der Waals surface area (Å²) in [5, 5.41) is 7.94. The van der Waals surface area contributed by atoms with Crippen LogP contribution in [0.5, 0.6) is 5.88 Å². The summed E-state index contributed by atoms with van der Waals surface area (Å²) in [6.07, 6.45) is 1.52. The first-order valence-electron chi connectivity index (χ1n) is 7.74. The van der Waals surface area contributed by atoms with Gasteiger partial charge in [0.1, 0.15) is 6.10 Å². The van der Waals surface area contributed by atoms with E-state index in [1.165, 1.54) is 6.92 Å². The van der Waals surface area contributed by atoms with E-state index in [2.05, 4.69) is 10.2 Å². The van der Waals surface area contributed by atoms with Crippen molar-refractivity contribution in [3.63, 3.8) is 0 Å². The van der Waals surface area contributed by atoms with Gasteiger partial charge in [-0.3, -0.25) is 9.59 Å². The van der Waals surface area contributed by atoms with Crippen LogP contribution in [0, 0.1) is 6.92 Å². The molecule has 7 heteroatoms. The van der Waals surface area contributed by atoms with E-state index in [0.29, 0.717) is 19.0 Å². The van der Waals surface area contributed by atoms with Crippen LogP contribution in [0.1, 0.15) is 39.3 Å². The smallest absolute Gasteiger partial charge is 0.303 e. The van der Waals surface area contributed by atoms with Crippen LogP contribution < -0.4 is 4.74 Å². The van der Waals surface area contributed by atoms with Crippen LogP contribution >= 0.6 is 0 Å². The monoisotopic (exact) mass is 321 g/mol. The number of hydrogen-bond acceptors (Lipinski definition) is 6. The topological polar surface area (TPSA) is 81.6 Å². The summed E-state index contributed by atoms with van der Waals surface area (Å²) in [7, 11) is 0. The number of ether oxygens (including phenoxy) is 2. The van der Waals surface area contributed by atoms with Gasteiger partial charge in [-0.25, -0.2) is 0 Å². The highest BCUT2D eigenvalue weighted by molar-refractivity contribution is 5.86. The van der Waals surface area contributed by atoms with E-state index in [0.717, 1.165) is 18.5 Å². The van der Waals surface area contributed by atoms with Gasteiger partial charge in [-0.15, -0.1) is 5.10 Å². The fourth-order valence-corrected chi connectivity index (χ4v) is 2.62. The number of esters is 1. The van der Waals surface area contributed by atoms with E-state index >= 15 is 0 Å². The van der Waals surface area contributed by atoms with Gasteiger partial charge >= 0.3 is 5.97 Å². The molecule has 0 saturated carbocycles. The van der Waals surface area contributed by atoms with Crippen molar-refractivity contribution in [2.75, 3.05) is 13.1 Å². The molecule has 2 rings (SSSR count). The number of carbonyl (C=O) groups excluding carboxylic acids is 2. The molecule has 1 aromatic heterocycles. The van der Waals surface area contributed by atoms with Crippen LogP contribution in [0.15, 0.2) is 12.1 Å². The molecular formula is C16H23N3O4. The van der Waals surface area contributed by atoms with Gasteiger partial charge in [0, 0.05) is 19.5 Å². The van der Waals surface area contributed by atoms with Gasteiger partial charge in [0.2, 0.25) is 5.88 Å². The van der Waals surface area contributed by atoms with E-state index in [1.54, 1.807) is 24.8 Å². The molecule has 7 nitrogen and oxygen atoms in total. The van der Waals surface area contributed by atoms with E-state index in [-0.39, 0.29) is 12.0 Å². The molecule has 0 N–H and O–H groups in total. The van der Waals surface area contributed by atoms with Crippen LogP contribution in [0.25, 0.3) is 0 Å². The van der Waals surface area contributed by atoms with E-state index in [9.17, 15) is 9.59 Å². The van der Waals surface area contributed by atoms with Crippen molar-refractivity contribution in [1.82, 2.24) is 15.1 Å². The zero-order chi connectivity index (χ0) is 17.0. The lowest BCUT2D eigenvalue weighted by Crippen LogP contribution is -2.53. The zero-order valence-electron chi connectivity index (χ0n) is 14.0. The summed E-state index contributed by atoms with van der Waals surface area (Å²) in [5.41, 5.74) is -0.349. The second-order valence-electron chi connectivity index (χ2n) is 6.25. The molecule has 1 unspecified atom stereocenters. The first-order valence-corrected chi connectivity index (χ1v) is 7.74. The second-order valence-corrected chi connectivity index (χ2v) is 6.25. The maximum atomic E-state index is 12.6. The minimum Gasteiger partial charge on any atom is -0.471 e. The summed E-state index contributed by atoms with van der Waals surface area (Å²) < 4.78 is 10.9. The molecule has 23 heavy (non-hydrogen) atoms. The lowest BCUT2D eigenvalue weighted by Gasteiger charge is -2.36. The summed E-state index contributed by atoms with van der Waals surface area (Å²) in [4.78, 5) is 25.4. The first kappa shape index (κ1) is 17.2. The number of piperidine rings is 1. The molecule has 1 fully saturated rings. The Kier molecular flexibility index (Phi) is 5.18. The summed E-state index contributed by atoms with van der Waals surface area (Å²) in [5.74, 6) is -0.228. The standard InChI is InChI=1S/C16H23N3O4/c1-11-7-8-14(18-17-11)22-13-6-5-9-19(10-13)15(21)16(3,4)23-12(2)20/h7-8,13H,5-6,9-10H2,1-4H3. The Morgan fingerprint density at radius 3 is 2.65 bits per heavy atom. The molecular weight excluding hydrogens is 298 g/mol. The van der Waals surface area contributed by atoms with Crippen LogP contribution in [0.3, 0.4) is 0 Å². The second kappa shape index (κ2) is 6.93. The van der Waals surface area contributed by atoms with Crippen LogP contribution in [-0.4, -0.2) is 51.8 Å². The molecule has 0 aliphatic carbocycles. The Morgan fingerprint density at radius 1 is 1.30 bits per heavy atom. The van der Waals surface area contributed by atoms with Gasteiger partial charge in [-0.05, 0) is 39.7 Å². The molecule has 2 heterocycles. The lowest BCUT2D eigenvalue weighted by molar-refractivity contribution is -0.169. The van der Waals surface area contributed by atoms with Crippen molar-refractivity contribution < 1.29 is 19.1 Å². The van der Waals surface area contributed by atoms with Crippen LogP contribution in [0.4, 0.5) is 0 Å². The third-order valence-electron chi connectivity index (χ3n) is 3.64. The fraction of sp³-hybridized carbons (Fsp3) is 0.625. The quantitative estimate of drug-likeness (QED) is 0.782. The van der Waals surface area contributed by atoms with Crippen molar-refractivity contribution in [3.8, 4) is 5.88 Å². The number of aromatic nitrogens is 2. The highest BCUT2D eigenvalue weighted by atomic mass is 16.6. The molecule has 1 saturated heterocycles. The van der Waals surface area contributed by atoms with Crippen molar-refractivity contribution in [1.29, 1.82) is 0 Å². The number of nitrogens with zero attached hydrogens (tertiary/aromatic N) is 3. The minimum atomic E-state index is -1.17. The van der Waals surface area contributed by atoms with Gasteiger partial charge in [0.05, 0.1) is 12.2 Å². The average molecular weight is 321 g/mol. The Balaban J connectivity index is 1.98. The highest BCUT2D eigenvalue weighted by Gasteiger charge is 2.37. The van der Waals surface area contributed by atoms with Gasteiger partial charge in [-0.1, -0.05) is 0 Å². The third kappa shape index (κ3) is 4.64. The van der Waals surface area contributed by atoms with Crippen molar-refractivity contribution in [2.24, 2.45) is 0 Å². The number of hydrogen-bond donors (Lipinski definition) is 0. The van der Waals surface area contributed by atoms with Crippen LogP contribution in [-0.2, 0) is 14.3 Å². The SMILES string of the molecule is CC(=O)OC(C)(C)C(=O)N1CCCC(Oc2ccc(C)nn2)C1. The molecule has 0 bridgehead atoms. The summed E-state index contributed by atoms with van der Waals surface area (Å²) in [6.45, 7) is 7.43. The molecule has 1 aliphatic rings. The van der Waals surface area contributed by atoms with E-state index in [1.807, 2.05) is 13.0 Å². The molecule has 1 atom stereocenters. The number of rotatable bonds is 4. The van der Waals surface area contributed by atoms with Gasteiger partial charge in [0.25, 0.3) is 5.91 Å². The Labute approximate surface area is 136 Å². The Bertz CT molecular complexity index is 571. The van der Waals surface area contributed by atoms with Crippen molar-refractivity contribution >= 4 is 11.9 Å². The lowest BCUT2D eigenvalue weighted by atomic mass is 10.0. The highest BCUT2D eigenvalue weighted by Crippen LogP contribution is 2.21. The fourth-order valence-electron chi connectivity index (χ4n) is 2.62. The molecule has 0 spiro atoms. The van der Waals surface area contributed by atoms with Gasteiger partial charge in [-0.2, -0.15) is 5.10 Å². The number of likely N-dealkylation sites (tertiary alicyclic amines) is 1. The molecule has 1 aromatic rings. The predicted molar refractivity (Wildman–Crippen MR) is 82.8 cm³/mol. The van der Waals surface area contributed by atoms with Crippen LogP contribution in [0.2, 0.25) is 0 Å². The van der Waals surface area contributed by atoms with Crippen molar-refractivity contribution in [3.05, 3.63) is 17.8 Å². The Hall–Kier alpha value is -2.18. The predicted octanol–water partition coefficient (Wildman–Crippen LogP) is 1.50. The average Bonchev–Trinajstić information content (AvgIpc) is 2.48. The van der Waals surface area contributed by atoms with Crippen molar-refractivity contribution in [2.45, 2.75) is 52.2 Å². The Morgan fingerprint density at radius 2 is 2.04 bits per heavy atom. The largest absolute Gasteiger partial charge is 0.471 e. The first-order chi connectivity index (χ1) is 10.8. The number of aryl methyl sites for hydroxylation is 1. The zero-order valence-corrected chi connectivity index (χ0v) is 14.0. The molecule has 126 valence electrons. The molecule has 1 aliphatic heterocycles. The normalized spacial score (nSPS) is 18.4.